The molecule has 0 bridgehead atoms. The molecule has 0 radical (unpaired) electrons. The van der Waals surface area contributed by atoms with E-state index in [0.717, 1.165) is 18.8 Å². The van der Waals surface area contributed by atoms with Crippen molar-refractivity contribution in [2.75, 3.05) is 23.3 Å². The Kier molecular flexibility index (Phi) is 5.33. The number of piperidine rings is 1. The number of amidine groups is 1. The van der Waals surface area contributed by atoms with E-state index in [4.69, 9.17) is 5.73 Å². The summed E-state index contributed by atoms with van der Waals surface area (Å²) in [5, 5.41) is 5.74. The molecule has 0 saturated carbocycles. The van der Waals surface area contributed by atoms with Crippen molar-refractivity contribution in [3.05, 3.63) is 70.3 Å². The fourth-order valence-corrected chi connectivity index (χ4v) is 3.55. The third-order valence-corrected chi connectivity index (χ3v) is 5.13. The summed E-state index contributed by atoms with van der Waals surface area (Å²) in [6.07, 6.45) is 8.15. The second kappa shape index (κ2) is 8.22. The average molecular weight is 392 g/mol. The predicted octanol–water partition coefficient (Wildman–Crippen LogP) is 2.09. The Morgan fingerprint density at radius 2 is 1.93 bits per heavy atom. The first-order valence-corrected chi connectivity index (χ1v) is 9.75. The minimum atomic E-state index is -0.420. The van der Waals surface area contributed by atoms with Gasteiger partial charge in [0.05, 0.1) is 0 Å². The fraction of sp³-hybridized carbons (Fsp3) is 0.286. The van der Waals surface area contributed by atoms with Gasteiger partial charge in [-0.1, -0.05) is 0 Å². The molecule has 3 heterocycles. The van der Waals surface area contributed by atoms with Crippen LogP contribution in [0.15, 0.2) is 58.6 Å². The second-order valence-electron chi connectivity index (χ2n) is 7.18. The Balaban J connectivity index is 1.48. The molecule has 1 amide bonds. The van der Waals surface area contributed by atoms with Gasteiger partial charge in [-0.3, -0.25) is 9.59 Å². The van der Waals surface area contributed by atoms with Crippen LogP contribution in [0.2, 0.25) is 0 Å². The monoisotopic (exact) mass is 392 g/mol. The van der Waals surface area contributed by atoms with E-state index in [1.807, 2.05) is 12.1 Å². The molecule has 2 aliphatic heterocycles. The number of rotatable bonds is 4. The molecule has 150 valence electrons. The molecular weight excluding hydrogens is 368 g/mol. The number of amides is 1. The minimum Gasteiger partial charge on any atom is -0.384 e. The number of pyridine rings is 1. The first-order valence-electron chi connectivity index (χ1n) is 9.75. The van der Waals surface area contributed by atoms with Crippen LogP contribution in [0.1, 0.15) is 41.3 Å². The molecule has 1 aromatic carbocycles. The van der Waals surface area contributed by atoms with Crippen molar-refractivity contribution < 1.29 is 4.79 Å². The summed E-state index contributed by atoms with van der Waals surface area (Å²) in [7, 11) is 0. The molecule has 2 aliphatic rings. The quantitative estimate of drug-likeness (QED) is 0.636. The molecule has 5 N–H and O–H groups in total. The number of carbonyl (C=O) groups is 1. The molecule has 2 aromatic rings. The maximum absolute atomic E-state index is 12.6. The topological polar surface area (TPSA) is 116 Å². The highest BCUT2D eigenvalue weighted by molar-refractivity contribution is 6.04. The van der Waals surface area contributed by atoms with Gasteiger partial charge in [-0.15, -0.1) is 0 Å². The molecule has 1 atom stereocenters. The molecule has 8 heteroatoms. The van der Waals surface area contributed by atoms with Crippen LogP contribution >= 0.6 is 0 Å². The van der Waals surface area contributed by atoms with Crippen molar-refractivity contribution in [1.29, 1.82) is 0 Å². The van der Waals surface area contributed by atoms with Gasteiger partial charge in [-0.05, 0) is 55.7 Å². The van der Waals surface area contributed by atoms with Crippen LogP contribution in [0.25, 0.3) is 0 Å². The van der Waals surface area contributed by atoms with Gasteiger partial charge in [-0.2, -0.15) is 0 Å². The number of nitrogens with zero attached hydrogens (tertiary/aromatic N) is 2. The summed E-state index contributed by atoms with van der Waals surface area (Å²) < 4.78 is 0. The lowest BCUT2D eigenvalue weighted by molar-refractivity contribution is 0.102. The smallest absolute Gasteiger partial charge is 0.271 e. The summed E-state index contributed by atoms with van der Waals surface area (Å²) in [4.78, 5) is 34.1. The Bertz CT molecular complexity index is 1000. The Labute approximate surface area is 168 Å². The number of anilines is 2. The zero-order valence-electron chi connectivity index (χ0n) is 16.0. The Morgan fingerprint density at radius 3 is 2.66 bits per heavy atom. The summed E-state index contributed by atoms with van der Waals surface area (Å²) >= 11 is 0. The minimum absolute atomic E-state index is 0.165. The summed E-state index contributed by atoms with van der Waals surface area (Å²) in [5.41, 5.74) is 7.82. The van der Waals surface area contributed by atoms with Crippen LogP contribution in [0.4, 0.5) is 11.4 Å². The highest BCUT2D eigenvalue weighted by Crippen LogP contribution is 2.21. The van der Waals surface area contributed by atoms with Crippen LogP contribution in [-0.2, 0) is 0 Å². The number of carbonyl (C=O) groups excluding carboxylic acids is 1. The zero-order valence-corrected chi connectivity index (χ0v) is 16.0. The van der Waals surface area contributed by atoms with E-state index in [0.29, 0.717) is 17.0 Å². The first-order chi connectivity index (χ1) is 14.1. The van der Waals surface area contributed by atoms with Gasteiger partial charge in [0.25, 0.3) is 11.5 Å². The van der Waals surface area contributed by atoms with Crippen LogP contribution in [0, 0.1) is 0 Å². The van der Waals surface area contributed by atoms with Crippen molar-refractivity contribution in [2.45, 2.75) is 25.4 Å². The lowest BCUT2D eigenvalue weighted by Gasteiger charge is -2.28. The molecule has 1 saturated heterocycles. The van der Waals surface area contributed by atoms with Crippen molar-refractivity contribution in [2.24, 2.45) is 10.7 Å². The van der Waals surface area contributed by atoms with E-state index in [-0.39, 0.29) is 17.2 Å². The Hall–Kier alpha value is -3.55. The van der Waals surface area contributed by atoms with E-state index < -0.39 is 6.17 Å². The van der Waals surface area contributed by atoms with Gasteiger partial charge in [0.15, 0.2) is 0 Å². The predicted molar refractivity (Wildman–Crippen MR) is 114 cm³/mol. The fourth-order valence-electron chi connectivity index (χ4n) is 3.55. The van der Waals surface area contributed by atoms with Gasteiger partial charge in [0.2, 0.25) is 0 Å². The summed E-state index contributed by atoms with van der Waals surface area (Å²) in [5.74, 6) is 0.0525. The number of H-pyrrole nitrogens is 1. The molecule has 1 aromatic heterocycles. The van der Waals surface area contributed by atoms with E-state index >= 15 is 0 Å². The van der Waals surface area contributed by atoms with Crippen molar-refractivity contribution in [1.82, 2.24) is 10.3 Å². The van der Waals surface area contributed by atoms with Crippen molar-refractivity contribution in [3.63, 3.8) is 0 Å². The van der Waals surface area contributed by atoms with Crippen molar-refractivity contribution >= 4 is 23.1 Å². The third kappa shape index (κ3) is 4.31. The lowest BCUT2D eigenvalue weighted by Crippen LogP contribution is -2.29. The van der Waals surface area contributed by atoms with E-state index in [1.54, 1.807) is 36.7 Å². The van der Waals surface area contributed by atoms with Gasteiger partial charge in [0, 0.05) is 42.3 Å². The van der Waals surface area contributed by atoms with Crippen molar-refractivity contribution in [3.8, 4) is 0 Å². The van der Waals surface area contributed by atoms with Crippen LogP contribution < -0.4 is 26.8 Å². The van der Waals surface area contributed by atoms with Gasteiger partial charge < -0.3 is 26.3 Å². The molecule has 29 heavy (non-hydrogen) atoms. The third-order valence-electron chi connectivity index (χ3n) is 5.13. The molecule has 4 rings (SSSR count). The molecule has 1 unspecified atom stereocenters. The molecule has 1 fully saturated rings. The van der Waals surface area contributed by atoms with E-state index in [2.05, 4.69) is 25.5 Å². The van der Waals surface area contributed by atoms with Crippen LogP contribution in [0.3, 0.4) is 0 Å². The number of aliphatic imine (C=N–C) groups is 1. The highest BCUT2D eigenvalue weighted by atomic mass is 16.2. The van der Waals surface area contributed by atoms with Crippen LogP contribution in [-0.4, -0.2) is 29.8 Å². The molecule has 8 nitrogen and oxygen atoms in total. The second-order valence-corrected chi connectivity index (χ2v) is 7.18. The number of nitrogens with one attached hydrogen (secondary N) is 3. The van der Waals surface area contributed by atoms with Gasteiger partial charge >= 0.3 is 0 Å². The maximum atomic E-state index is 12.6. The largest absolute Gasteiger partial charge is 0.384 e. The Morgan fingerprint density at radius 1 is 1.17 bits per heavy atom. The highest BCUT2D eigenvalue weighted by Gasteiger charge is 2.16. The van der Waals surface area contributed by atoms with E-state index in [9.17, 15) is 9.59 Å². The first kappa shape index (κ1) is 18.8. The molecule has 0 aliphatic carbocycles. The number of benzene rings is 1. The standard InChI is InChI=1S/C21H24N6O2/c22-18-8-9-23-19(26-18)15-12-17(21(29)24-13-15)25-20(28)14-4-6-16(7-5-14)27-10-2-1-3-11-27/h4-9,12-13,19,23H,1-3,10-11H2,(H2,22,26)(H,24,29)(H,25,28). The normalized spacial score (nSPS) is 18.7. The molecule has 0 spiro atoms. The van der Waals surface area contributed by atoms with Gasteiger partial charge in [0.1, 0.15) is 17.7 Å². The van der Waals surface area contributed by atoms with E-state index in [1.165, 1.54) is 19.3 Å². The average Bonchev–Trinajstić information content (AvgIpc) is 2.76. The van der Waals surface area contributed by atoms with Crippen LogP contribution in [0.5, 0.6) is 0 Å². The number of aromatic nitrogens is 1. The number of nitrogens with two attached hydrogens (primary N) is 1. The molecular formula is C21H24N6O2. The number of hydrogen-bond acceptors (Lipinski definition) is 6. The SMILES string of the molecule is NC1=NC(c2c[nH]c(=O)c(NC(=O)c3ccc(N4CCCCC4)cc3)c2)NC=C1. The zero-order chi connectivity index (χ0) is 20.2. The number of aromatic amines is 1. The summed E-state index contributed by atoms with van der Waals surface area (Å²) in [6.45, 7) is 2.09. The number of hydrogen-bond donors (Lipinski definition) is 4. The lowest BCUT2D eigenvalue weighted by atomic mass is 10.1. The summed E-state index contributed by atoms with van der Waals surface area (Å²) in [6, 6.07) is 9.09. The maximum Gasteiger partial charge on any atom is 0.271 e. The van der Waals surface area contributed by atoms with Gasteiger partial charge in [-0.25, -0.2) is 4.99 Å².